The number of para-hydroxylation sites is 1. The van der Waals surface area contributed by atoms with Crippen molar-refractivity contribution in [1.82, 2.24) is 4.98 Å². The van der Waals surface area contributed by atoms with E-state index in [9.17, 15) is 9.59 Å². The fourth-order valence-electron chi connectivity index (χ4n) is 2.57. The lowest BCUT2D eigenvalue weighted by atomic mass is 10.0. The highest BCUT2D eigenvalue weighted by molar-refractivity contribution is 5.86. The number of hydrogen-bond donors (Lipinski definition) is 1. The minimum absolute atomic E-state index is 0.0223. The number of hydrogen-bond acceptors (Lipinski definition) is 4. The Bertz CT molecular complexity index is 920. The first-order valence-electron chi connectivity index (χ1n) is 7.46. The van der Waals surface area contributed by atoms with Crippen LogP contribution in [0.2, 0.25) is 0 Å². The molecule has 0 spiro atoms. The van der Waals surface area contributed by atoms with E-state index in [2.05, 4.69) is 4.98 Å². The molecule has 0 saturated carbocycles. The van der Waals surface area contributed by atoms with Crippen molar-refractivity contribution >= 4 is 16.9 Å². The van der Waals surface area contributed by atoms with E-state index in [1.807, 2.05) is 25.1 Å². The van der Waals surface area contributed by atoms with Crippen LogP contribution in [0, 0.1) is 6.92 Å². The maximum absolute atomic E-state index is 12.6. The van der Waals surface area contributed by atoms with Gasteiger partial charge in [-0.05, 0) is 38.1 Å². The van der Waals surface area contributed by atoms with Gasteiger partial charge in [-0.1, -0.05) is 12.1 Å². The molecule has 0 saturated heterocycles. The van der Waals surface area contributed by atoms with E-state index in [0.717, 1.165) is 11.2 Å². The Kier molecular flexibility index (Phi) is 4.02. The molecule has 0 atom stereocenters. The smallest absolute Gasteiger partial charge is 0.374 e. The maximum atomic E-state index is 12.6. The maximum Gasteiger partial charge on any atom is 0.374 e. The van der Waals surface area contributed by atoms with Crippen molar-refractivity contribution in [2.45, 2.75) is 20.3 Å². The third kappa shape index (κ3) is 2.90. The monoisotopic (exact) mass is 311 g/mol. The number of fused-ring (bicyclic) bond motifs is 1. The normalized spacial score (nSPS) is 10.9. The number of H-pyrrole nitrogens is 1. The van der Waals surface area contributed by atoms with Gasteiger partial charge in [-0.3, -0.25) is 4.79 Å². The quantitative estimate of drug-likeness (QED) is 0.751. The molecule has 1 aromatic carbocycles. The Hall–Kier alpha value is -2.82. The predicted octanol–water partition coefficient (Wildman–Crippen LogP) is 3.20. The van der Waals surface area contributed by atoms with Gasteiger partial charge in [-0.25, -0.2) is 4.79 Å². The zero-order valence-corrected chi connectivity index (χ0v) is 13.0. The second-order valence-electron chi connectivity index (χ2n) is 5.27. The average Bonchev–Trinajstić information content (AvgIpc) is 3.00. The van der Waals surface area contributed by atoms with E-state index >= 15 is 0 Å². The van der Waals surface area contributed by atoms with Gasteiger partial charge in [0.15, 0.2) is 5.43 Å². The minimum atomic E-state index is -0.497. The molecule has 0 unspecified atom stereocenters. The molecule has 2 heterocycles. The first kappa shape index (κ1) is 15.1. The van der Waals surface area contributed by atoms with Crippen molar-refractivity contribution in [3.05, 3.63) is 69.4 Å². The lowest BCUT2D eigenvalue weighted by Gasteiger charge is -2.06. The van der Waals surface area contributed by atoms with Gasteiger partial charge < -0.3 is 14.1 Å². The van der Waals surface area contributed by atoms with Gasteiger partial charge in [0.05, 0.1) is 6.61 Å². The molecule has 0 aliphatic carbocycles. The van der Waals surface area contributed by atoms with Crippen molar-refractivity contribution in [3.63, 3.8) is 0 Å². The Morgan fingerprint density at radius 2 is 2.00 bits per heavy atom. The molecule has 0 radical (unpaired) electrons. The van der Waals surface area contributed by atoms with Crippen LogP contribution in [0.4, 0.5) is 0 Å². The summed E-state index contributed by atoms with van der Waals surface area (Å²) in [5, 5.41) is 0.644. The standard InChI is InChI=1S/C18H17NO4/c1-3-22-18(21)16-9-8-12(23-16)10-14-11(2)19-15-7-5-4-6-13(15)17(14)20/h4-9H,3,10H2,1-2H3,(H,19,20). The Balaban J connectivity index is 1.96. The second-order valence-corrected chi connectivity index (χ2v) is 5.27. The van der Waals surface area contributed by atoms with E-state index in [0.29, 0.717) is 23.1 Å². The van der Waals surface area contributed by atoms with Crippen LogP contribution < -0.4 is 5.43 Å². The summed E-state index contributed by atoms with van der Waals surface area (Å²) >= 11 is 0. The first-order chi connectivity index (χ1) is 11.1. The van der Waals surface area contributed by atoms with Crippen molar-refractivity contribution < 1.29 is 13.9 Å². The highest BCUT2D eigenvalue weighted by Gasteiger charge is 2.15. The number of nitrogens with one attached hydrogen (secondary N) is 1. The zero-order valence-electron chi connectivity index (χ0n) is 13.0. The Labute approximate surface area is 132 Å². The summed E-state index contributed by atoms with van der Waals surface area (Å²) in [6, 6.07) is 10.7. The molecule has 3 aromatic rings. The summed E-state index contributed by atoms with van der Waals surface area (Å²) in [6.07, 6.45) is 0.325. The SMILES string of the molecule is CCOC(=O)c1ccc(Cc2c(C)[nH]c3ccccc3c2=O)o1. The molecular weight excluding hydrogens is 294 g/mol. The molecule has 0 aliphatic heterocycles. The lowest BCUT2D eigenvalue weighted by molar-refractivity contribution is 0.0488. The zero-order chi connectivity index (χ0) is 16.4. The summed E-state index contributed by atoms with van der Waals surface area (Å²) in [5.41, 5.74) is 2.22. The molecule has 0 aliphatic rings. The molecule has 5 nitrogen and oxygen atoms in total. The van der Waals surface area contributed by atoms with E-state index < -0.39 is 5.97 Å². The fourth-order valence-corrected chi connectivity index (χ4v) is 2.57. The molecule has 5 heteroatoms. The van der Waals surface area contributed by atoms with E-state index in [1.54, 1.807) is 25.1 Å². The average molecular weight is 311 g/mol. The number of benzene rings is 1. The van der Waals surface area contributed by atoms with Gasteiger partial charge in [-0.2, -0.15) is 0 Å². The molecule has 2 aromatic heterocycles. The van der Waals surface area contributed by atoms with Crippen molar-refractivity contribution in [3.8, 4) is 0 Å². The molecule has 23 heavy (non-hydrogen) atoms. The highest BCUT2D eigenvalue weighted by Crippen LogP contribution is 2.16. The van der Waals surface area contributed by atoms with Gasteiger partial charge >= 0.3 is 5.97 Å². The molecular formula is C18H17NO4. The number of ether oxygens (including phenoxy) is 1. The van der Waals surface area contributed by atoms with Gasteiger partial charge in [-0.15, -0.1) is 0 Å². The number of aromatic amines is 1. The first-order valence-corrected chi connectivity index (χ1v) is 7.46. The fraction of sp³-hybridized carbons (Fsp3) is 0.222. The largest absolute Gasteiger partial charge is 0.460 e. The molecule has 1 N–H and O–H groups in total. The topological polar surface area (TPSA) is 72.3 Å². The van der Waals surface area contributed by atoms with Gasteiger partial charge in [0, 0.05) is 28.6 Å². The number of carbonyl (C=O) groups is 1. The van der Waals surface area contributed by atoms with Crippen LogP contribution in [0.3, 0.4) is 0 Å². The molecule has 0 bridgehead atoms. The van der Waals surface area contributed by atoms with Crippen molar-refractivity contribution in [2.24, 2.45) is 0 Å². The number of pyridine rings is 1. The number of aryl methyl sites for hydroxylation is 1. The van der Waals surface area contributed by atoms with Crippen LogP contribution in [0.1, 0.15) is 34.5 Å². The van der Waals surface area contributed by atoms with E-state index in [1.165, 1.54) is 0 Å². The van der Waals surface area contributed by atoms with Crippen LogP contribution in [0.25, 0.3) is 10.9 Å². The van der Waals surface area contributed by atoms with Crippen LogP contribution in [0.5, 0.6) is 0 Å². The number of furan rings is 1. The summed E-state index contributed by atoms with van der Waals surface area (Å²) in [5.74, 6) is 0.205. The van der Waals surface area contributed by atoms with Crippen LogP contribution in [-0.4, -0.2) is 17.6 Å². The molecule has 0 fully saturated rings. The van der Waals surface area contributed by atoms with Crippen LogP contribution in [-0.2, 0) is 11.2 Å². The lowest BCUT2D eigenvalue weighted by Crippen LogP contribution is -2.13. The Morgan fingerprint density at radius 3 is 2.78 bits per heavy atom. The van der Waals surface area contributed by atoms with E-state index in [4.69, 9.17) is 9.15 Å². The minimum Gasteiger partial charge on any atom is -0.460 e. The predicted molar refractivity (Wildman–Crippen MR) is 86.8 cm³/mol. The molecule has 0 amide bonds. The van der Waals surface area contributed by atoms with Gasteiger partial charge in [0.25, 0.3) is 0 Å². The summed E-state index contributed by atoms with van der Waals surface area (Å²) < 4.78 is 10.4. The summed E-state index contributed by atoms with van der Waals surface area (Å²) in [4.78, 5) is 27.5. The molecule has 3 rings (SSSR count). The summed E-state index contributed by atoms with van der Waals surface area (Å²) in [7, 11) is 0. The number of esters is 1. The number of rotatable bonds is 4. The number of carbonyl (C=O) groups excluding carboxylic acids is 1. The highest BCUT2D eigenvalue weighted by atomic mass is 16.5. The van der Waals surface area contributed by atoms with Gasteiger partial charge in [0.1, 0.15) is 5.76 Å². The van der Waals surface area contributed by atoms with Crippen LogP contribution >= 0.6 is 0 Å². The van der Waals surface area contributed by atoms with Crippen molar-refractivity contribution in [1.29, 1.82) is 0 Å². The number of aromatic nitrogens is 1. The Morgan fingerprint density at radius 1 is 1.22 bits per heavy atom. The second kappa shape index (κ2) is 6.12. The third-order valence-corrected chi connectivity index (χ3v) is 3.71. The van der Waals surface area contributed by atoms with Crippen molar-refractivity contribution in [2.75, 3.05) is 6.61 Å². The van der Waals surface area contributed by atoms with Crippen LogP contribution in [0.15, 0.2) is 45.6 Å². The van der Waals surface area contributed by atoms with Gasteiger partial charge in [0.2, 0.25) is 5.76 Å². The molecule has 118 valence electrons. The third-order valence-electron chi connectivity index (χ3n) is 3.71. The van der Waals surface area contributed by atoms with E-state index in [-0.39, 0.29) is 17.8 Å². The summed E-state index contributed by atoms with van der Waals surface area (Å²) in [6.45, 7) is 3.89.